The van der Waals surface area contributed by atoms with Crippen molar-refractivity contribution in [3.63, 3.8) is 0 Å². The molecule has 0 aliphatic rings. The maximum Gasteiger partial charge on any atom is 0.296 e. The molecule has 0 fully saturated rings. The lowest BCUT2D eigenvalue weighted by Gasteiger charge is -2.06. The van der Waals surface area contributed by atoms with E-state index in [0.717, 1.165) is 5.56 Å². The van der Waals surface area contributed by atoms with Crippen LogP contribution in [0.25, 0.3) is 0 Å². The number of alkyl halides is 1. The van der Waals surface area contributed by atoms with Gasteiger partial charge in [0.05, 0.1) is 17.7 Å². The number of halogens is 1. The third-order valence-electron chi connectivity index (χ3n) is 2.29. The van der Waals surface area contributed by atoms with Crippen molar-refractivity contribution >= 4 is 10.1 Å². The lowest BCUT2D eigenvalue weighted by Crippen LogP contribution is -2.08. The minimum Gasteiger partial charge on any atom is -0.266 e. The Hall–Kier alpha value is -0.940. The highest BCUT2D eigenvalue weighted by molar-refractivity contribution is 7.86. The molecule has 0 radical (unpaired) electrons. The molecule has 0 spiro atoms. The Labute approximate surface area is 102 Å². The van der Waals surface area contributed by atoms with E-state index in [9.17, 15) is 12.8 Å². The monoisotopic (exact) mass is 260 g/mol. The Morgan fingerprint density at radius 3 is 2.41 bits per heavy atom. The smallest absolute Gasteiger partial charge is 0.266 e. The highest BCUT2D eigenvalue weighted by Gasteiger charge is 2.14. The van der Waals surface area contributed by atoms with E-state index < -0.39 is 16.3 Å². The highest BCUT2D eigenvalue weighted by Crippen LogP contribution is 2.14. The van der Waals surface area contributed by atoms with Crippen molar-refractivity contribution in [2.75, 3.05) is 6.61 Å². The first-order valence-corrected chi connectivity index (χ1v) is 6.93. The summed E-state index contributed by atoms with van der Waals surface area (Å²) in [6.07, 6.45) is -0.229. The van der Waals surface area contributed by atoms with E-state index >= 15 is 0 Å². The molecule has 1 aromatic rings. The third kappa shape index (κ3) is 4.83. The molecule has 1 atom stereocenters. The van der Waals surface area contributed by atoms with Gasteiger partial charge in [0.25, 0.3) is 10.1 Å². The molecule has 17 heavy (non-hydrogen) atoms. The third-order valence-corrected chi connectivity index (χ3v) is 3.62. The van der Waals surface area contributed by atoms with E-state index in [2.05, 4.69) is 0 Å². The summed E-state index contributed by atoms with van der Waals surface area (Å²) >= 11 is 0. The van der Waals surface area contributed by atoms with Crippen molar-refractivity contribution in [3.05, 3.63) is 29.8 Å². The summed E-state index contributed by atoms with van der Waals surface area (Å²) in [6.45, 7) is 3.33. The van der Waals surface area contributed by atoms with Crippen LogP contribution < -0.4 is 0 Å². The van der Waals surface area contributed by atoms with Gasteiger partial charge in [0.1, 0.15) is 0 Å². The number of hydrogen-bond donors (Lipinski definition) is 0. The number of rotatable bonds is 6. The van der Waals surface area contributed by atoms with Gasteiger partial charge in [-0.25, -0.2) is 4.39 Å². The Kier molecular flexibility index (Phi) is 5.08. The van der Waals surface area contributed by atoms with E-state index in [0.29, 0.717) is 12.8 Å². The second kappa shape index (κ2) is 6.12. The van der Waals surface area contributed by atoms with Gasteiger partial charge in [0.15, 0.2) is 0 Å². The van der Waals surface area contributed by atoms with Gasteiger partial charge < -0.3 is 0 Å². The minimum absolute atomic E-state index is 0.0183. The van der Waals surface area contributed by atoms with Crippen LogP contribution in [0.5, 0.6) is 0 Å². The first-order valence-electron chi connectivity index (χ1n) is 5.52. The molecule has 0 N–H and O–H groups in total. The first kappa shape index (κ1) is 14.1. The highest BCUT2D eigenvalue weighted by atomic mass is 32.2. The SMILES string of the molecule is Cc1ccc(S(=O)(=O)OCCCC(C)F)cc1. The number of hydrogen-bond acceptors (Lipinski definition) is 3. The van der Waals surface area contributed by atoms with Gasteiger partial charge in [-0.15, -0.1) is 0 Å². The average molecular weight is 260 g/mol. The van der Waals surface area contributed by atoms with Crippen molar-refractivity contribution in [1.29, 1.82) is 0 Å². The zero-order chi connectivity index (χ0) is 12.9. The van der Waals surface area contributed by atoms with Crippen molar-refractivity contribution in [3.8, 4) is 0 Å². The molecule has 0 aliphatic heterocycles. The fourth-order valence-corrected chi connectivity index (χ4v) is 2.25. The summed E-state index contributed by atoms with van der Waals surface area (Å²) in [5.41, 5.74) is 0.982. The molecular formula is C12H17FO3S. The normalized spacial score (nSPS) is 13.6. The molecule has 0 heterocycles. The van der Waals surface area contributed by atoms with Gasteiger partial charge in [-0.1, -0.05) is 17.7 Å². The van der Waals surface area contributed by atoms with E-state index in [-0.39, 0.29) is 11.5 Å². The number of aryl methyl sites for hydroxylation is 1. The maximum absolute atomic E-state index is 12.5. The Balaban J connectivity index is 2.54. The van der Waals surface area contributed by atoms with Crippen molar-refractivity contribution in [1.82, 2.24) is 0 Å². The molecule has 1 aromatic carbocycles. The molecule has 0 saturated carbocycles. The lowest BCUT2D eigenvalue weighted by atomic mass is 10.2. The molecule has 0 saturated heterocycles. The van der Waals surface area contributed by atoms with Crippen LogP contribution in [0.2, 0.25) is 0 Å². The van der Waals surface area contributed by atoms with Gasteiger partial charge >= 0.3 is 0 Å². The lowest BCUT2D eigenvalue weighted by molar-refractivity contribution is 0.272. The predicted molar refractivity (Wildman–Crippen MR) is 64.1 cm³/mol. The quantitative estimate of drug-likeness (QED) is 0.583. The molecule has 0 bridgehead atoms. The van der Waals surface area contributed by atoms with Crippen molar-refractivity contribution < 1.29 is 17.0 Å². The Morgan fingerprint density at radius 1 is 1.29 bits per heavy atom. The summed E-state index contributed by atoms with van der Waals surface area (Å²) < 4.78 is 40.6. The predicted octanol–water partition coefficient (Wildman–Crippen LogP) is 2.84. The molecule has 0 aliphatic carbocycles. The van der Waals surface area contributed by atoms with Crippen molar-refractivity contribution in [2.24, 2.45) is 0 Å². The van der Waals surface area contributed by atoms with E-state index in [4.69, 9.17) is 4.18 Å². The van der Waals surface area contributed by atoms with Gasteiger partial charge in [0, 0.05) is 0 Å². The maximum atomic E-state index is 12.5. The average Bonchev–Trinajstić information content (AvgIpc) is 2.25. The first-order chi connectivity index (χ1) is 7.92. The van der Waals surface area contributed by atoms with Gasteiger partial charge in [-0.05, 0) is 38.8 Å². The van der Waals surface area contributed by atoms with Crippen LogP contribution in [-0.2, 0) is 14.3 Å². The molecule has 96 valence electrons. The molecule has 0 amide bonds. The van der Waals surface area contributed by atoms with Crippen LogP contribution in [0.3, 0.4) is 0 Å². The second-order valence-corrected chi connectivity index (χ2v) is 5.63. The van der Waals surface area contributed by atoms with E-state index in [1.165, 1.54) is 19.1 Å². The zero-order valence-corrected chi connectivity index (χ0v) is 10.8. The van der Waals surface area contributed by atoms with Crippen molar-refractivity contribution in [2.45, 2.75) is 37.8 Å². The van der Waals surface area contributed by atoms with Crippen LogP contribution >= 0.6 is 0 Å². The number of benzene rings is 1. The zero-order valence-electron chi connectivity index (χ0n) is 10.0. The second-order valence-electron chi connectivity index (χ2n) is 4.01. The molecule has 1 unspecified atom stereocenters. The van der Waals surface area contributed by atoms with Crippen LogP contribution in [0.15, 0.2) is 29.2 Å². The molecular weight excluding hydrogens is 243 g/mol. The van der Waals surface area contributed by atoms with Gasteiger partial charge in [0.2, 0.25) is 0 Å². The fourth-order valence-electron chi connectivity index (χ4n) is 1.31. The largest absolute Gasteiger partial charge is 0.296 e. The topological polar surface area (TPSA) is 43.4 Å². The molecule has 1 rings (SSSR count). The summed E-state index contributed by atoms with van der Waals surface area (Å²) in [4.78, 5) is 0.136. The fraction of sp³-hybridized carbons (Fsp3) is 0.500. The summed E-state index contributed by atoms with van der Waals surface area (Å²) in [5.74, 6) is 0. The van der Waals surface area contributed by atoms with Crippen LogP contribution in [0, 0.1) is 6.92 Å². The van der Waals surface area contributed by atoms with E-state index in [1.807, 2.05) is 6.92 Å². The van der Waals surface area contributed by atoms with Gasteiger partial charge in [-0.3, -0.25) is 4.18 Å². The molecule has 3 nitrogen and oxygen atoms in total. The summed E-state index contributed by atoms with van der Waals surface area (Å²) in [5, 5.41) is 0. The minimum atomic E-state index is -3.70. The van der Waals surface area contributed by atoms with Crippen LogP contribution in [0.1, 0.15) is 25.3 Å². The summed E-state index contributed by atoms with van der Waals surface area (Å²) in [7, 11) is -3.70. The molecule has 0 aromatic heterocycles. The van der Waals surface area contributed by atoms with Gasteiger partial charge in [-0.2, -0.15) is 8.42 Å². The molecule has 5 heteroatoms. The Morgan fingerprint density at radius 2 is 1.88 bits per heavy atom. The Bertz CT molecular complexity index is 437. The van der Waals surface area contributed by atoms with E-state index in [1.54, 1.807) is 12.1 Å². The summed E-state index contributed by atoms with van der Waals surface area (Å²) in [6, 6.07) is 6.42. The standard InChI is InChI=1S/C12H17FO3S/c1-10-5-7-12(8-6-10)17(14,15)16-9-3-4-11(2)13/h5-8,11H,3-4,9H2,1-2H3. The van der Waals surface area contributed by atoms with Crippen LogP contribution in [-0.4, -0.2) is 21.2 Å². The van der Waals surface area contributed by atoms with Crippen LogP contribution in [0.4, 0.5) is 4.39 Å².